The second kappa shape index (κ2) is 8.22. The third-order valence-corrected chi connectivity index (χ3v) is 3.93. The standard InChI is InChI=1S/C16H26N2OS/c1-5-13(6-2)18(10-11-19-4)15-12(3)8-7-9-14(15)16(17)20/h7-9,13H,5-6,10-11H2,1-4H3,(H2,17,20). The van der Waals surface area contributed by atoms with Crippen LogP contribution < -0.4 is 10.6 Å². The van der Waals surface area contributed by atoms with Crippen molar-refractivity contribution in [2.75, 3.05) is 25.2 Å². The highest BCUT2D eigenvalue weighted by molar-refractivity contribution is 7.80. The summed E-state index contributed by atoms with van der Waals surface area (Å²) in [6, 6.07) is 6.60. The topological polar surface area (TPSA) is 38.5 Å². The number of hydrogen-bond acceptors (Lipinski definition) is 3. The molecule has 0 unspecified atom stereocenters. The van der Waals surface area contributed by atoms with Crippen LogP contribution in [0.5, 0.6) is 0 Å². The number of benzene rings is 1. The Morgan fingerprint density at radius 3 is 2.50 bits per heavy atom. The van der Waals surface area contributed by atoms with Crippen LogP contribution in [0.15, 0.2) is 18.2 Å². The lowest BCUT2D eigenvalue weighted by Gasteiger charge is -2.35. The first-order valence-corrected chi connectivity index (χ1v) is 7.62. The van der Waals surface area contributed by atoms with Gasteiger partial charge in [0.1, 0.15) is 4.99 Å². The van der Waals surface area contributed by atoms with Crippen LogP contribution in [0, 0.1) is 6.92 Å². The predicted molar refractivity (Wildman–Crippen MR) is 90.7 cm³/mol. The smallest absolute Gasteiger partial charge is 0.106 e. The molecule has 3 nitrogen and oxygen atoms in total. The van der Waals surface area contributed by atoms with Gasteiger partial charge in [-0.1, -0.05) is 38.2 Å². The van der Waals surface area contributed by atoms with Crippen LogP contribution in [-0.2, 0) is 4.74 Å². The maximum atomic E-state index is 5.91. The van der Waals surface area contributed by atoms with Crippen molar-refractivity contribution in [3.05, 3.63) is 29.3 Å². The molecule has 0 saturated carbocycles. The minimum atomic E-state index is 0.456. The maximum Gasteiger partial charge on any atom is 0.106 e. The van der Waals surface area contributed by atoms with E-state index in [1.165, 1.54) is 5.56 Å². The summed E-state index contributed by atoms with van der Waals surface area (Å²) in [6.07, 6.45) is 2.18. The van der Waals surface area contributed by atoms with Crippen LogP contribution in [0.4, 0.5) is 5.69 Å². The van der Waals surface area contributed by atoms with Gasteiger partial charge in [-0.15, -0.1) is 0 Å². The lowest BCUT2D eigenvalue weighted by atomic mass is 10.0. The summed E-state index contributed by atoms with van der Waals surface area (Å²) in [7, 11) is 1.73. The molecule has 0 aromatic heterocycles. The number of anilines is 1. The average molecular weight is 294 g/mol. The molecule has 0 spiro atoms. The van der Waals surface area contributed by atoms with E-state index >= 15 is 0 Å². The lowest BCUT2D eigenvalue weighted by Crippen LogP contribution is -2.39. The number of nitrogens with two attached hydrogens (primary N) is 1. The molecule has 0 heterocycles. The Morgan fingerprint density at radius 2 is 2.00 bits per heavy atom. The Morgan fingerprint density at radius 1 is 1.35 bits per heavy atom. The molecule has 2 N–H and O–H groups in total. The van der Waals surface area contributed by atoms with Crippen LogP contribution >= 0.6 is 12.2 Å². The van der Waals surface area contributed by atoms with Gasteiger partial charge in [0.05, 0.1) is 12.3 Å². The molecular formula is C16H26N2OS. The number of aryl methyl sites for hydroxylation is 1. The van der Waals surface area contributed by atoms with Gasteiger partial charge < -0.3 is 15.4 Å². The van der Waals surface area contributed by atoms with E-state index in [1.807, 2.05) is 12.1 Å². The number of para-hydroxylation sites is 1. The predicted octanol–water partition coefficient (Wildman–Crippen LogP) is 3.27. The van der Waals surface area contributed by atoms with Crippen LogP contribution in [0.2, 0.25) is 0 Å². The third-order valence-electron chi connectivity index (χ3n) is 3.71. The van der Waals surface area contributed by atoms with Gasteiger partial charge in [-0.05, 0) is 31.4 Å². The van der Waals surface area contributed by atoms with Gasteiger partial charge in [-0.2, -0.15) is 0 Å². The van der Waals surface area contributed by atoms with Gasteiger partial charge in [-0.3, -0.25) is 0 Å². The zero-order valence-electron chi connectivity index (χ0n) is 13.0. The van der Waals surface area contributed by atoms with Crippen molar-refractivity contribution in [1.82, 2.24) is 0 Å². The minimum Gasteiger partial charge on any atom is -0.389 e. The molecule has 0 aliphatic rings. The number of nitrogens with zero attached hydrogens (tertiary/aromatic N) is 1. The Kier molecular flexibility index (Phi) is 6.96. The third kappa shape index (κ3) is 3.93. The molecule has 1 rings (SSSR count). The quantitative estimate of drug-likeness (QED) is 0.747. The monoisotopic (exact) mass is 294 g/mol. The second-order valence-corrected chi connectivity index (χ2v) is 5.43. The first kappa shape index (κ1) is 16.9. The first-order valence-electron chi connectivity index (χ1n) is 7.21. The molecule has 0 fully saturated rings. The van der Waals surface area contributed by atoms with Crippen molar-refractivity contribution >= 4 is 22.9 Å². The molecule has 20 heavy (non-hydrogen) atoms. The van der Waals surface area contributed by atoms with Crippen LogP contribution in [0.1, 0.15) is 37.8 Å². The highest BCUT2D eigenvalue weighted by Crippen LogP contribution is 2.28. The summed E-state index contributed by atoms with van der Waals surface area (Å²) in [5.41, 5.74) is 9.23. The largest absolute Gasteiger partial charge is 0.389 e. The number of methoxy groups -OCH3 is 1. The van der Waals surface area contributed by atoms with E-state index in [4.69, 9.17) is 22.7 Å². The first-order chi connectivity index (χ1) is 9.56. The van der Waals surface area contributed by atoms with Crippen molar-refractivity contribution < 1.29 is 4.74 Å². The molecule has 0 aliphatic carbocycles. The van der Waals surface area contributed by atoms with Crippen molar-refractivity contribution in [2.24, 2.45) is 5.73 Å². The number of thiocarbonyl (C=S) groups is 1. The summed E-state index contributed by atoms with van der Waals surface area (Å²) in [5.74, 6) is 0. The van der Waals surface area contributed by atoms with E-state index in [1.54, 1.807) is 7.11 Å². The van der Waals surface area contributed by atoms with E-state index < -0.39 is 0 Å². The number of ether oxygens (including phenoxy) is 1. The molecule has 1 aromatic rings. The van der Waals surface area contributed by atoms with Crippen molar-refractivity contribution in [3.8, 4) is 0 Å². The molecule has 0 aliphatic heterocycles. The van der Waals surface area contributed by atoms with E-state index in [0.29, 0.717) is 17.6 Å². The normalized spacial score (nSPS) is 10.8. The van der Waals surface area contributed by atoms with Gasteiger partial charge in [-0.25, -0.2) is 0 Å². The second-order valence-electron chi connectivity index (χ2n) is 4.99. The molecule has 0 radical (unpaired) electrons. The summed E-state index contributed by atoms with van der Waals surface area (Å²) in [4.78, 5) is 2.85. The Hall–Kier alpha value is -1.13. The Bertz CT molecular complexity index is 444. The van der Waals surface area contributed by atoms with Gasteiger partial charge in [0, 0.05) is 25.3 Å². The maximum absolute atomic E-state index is 5.91. The average Bonchev–Trinajstić information content (AvgIpc) is 2.43. The summed E-state index contributed by atoms with van der Waals surface area (Å²) in [6.45, 7) is 8.09. The van der Waals surface area contributed by atoms with Gasteiger partial charge in [0.15, 0.2) is 0 Å². The van der Waals surface area contributed by atoms with Crippen LogP contribution in [0.25, 0.3) is 0 Å². The zero-order chi connectivity index (χ0) is 15.1. The van der Waals surface area contributed by atoms with E-state index in [-0.39, 0.29) is 0 Å². The molecular weight excluding hydrogens is 268 g/mol. The van der Waals surface area contributed by atoms with E-state index in [2.05, 4.69) is 31.7 Å². The van der Waals surface area contributed by atoms with Crippen molar-refractivity contribution in [3.63, 3.8) is 0 Å². The Labute approximate surface area is 128 Å². The van der Waals surface area contributed by atoms with E-state index in [0.717, 1.165) is 30.6 Å². The van der Waals surface area contributed by atoms with Gasteiger partial charge in [0.25, 0.3) is 0 Å². The lowest BCUT2D eigenvalue weighted by molar-refractivity contribution is 0.202. The van der Waals surface area contributed by atoms with E-state index in [9.17, 15) is 0 Å². The summed E-state index contributed by atoms with van der Waals surface area (Å²) in [5, 5.41) is 0. The SMILES string of the molecule is CCC(CC)N(CCOC)c1c(C)cccc1C(N)=S. The highest BCUT2D eigenvalue weighted by atomic mass is 32.1. The van der Waals surface area contributed by atoms with Crippen LogP contribution in [-0.4, -0.2) is 31.3 Å². The van der Waals surface area contributed by atoms with Gasteiger partial charge >= 0.3 is 0 Å². The Balaban J connectivity index is 3.28. The molecule has 1 aromatic carbocycles. The number of rotatable bonds is 8. The fourth-order valence-electron chi connectivity index (χ4n) is 2.64. The fraction of sp³-hybridized carbons (Fsp3) is 0.562. The molecule has 0 bridgehead atoms. The van der Waals surface area contributed by atoms with Crippen LogP contribution in [0.3, 0.4) is 0 Å². The van der Waals surface area contributed by atoms with Crippen molar-refractivity contribution in [1.29, 1.82) is 0 Å². The molecule has 4 heteroatoms. The van der Waals surface area contributed by atoms with Gasteiger partial charge in [0.2, 0.25) is 0 Å². The molecule has 0 atom stereocenters. The highest BCUT2D eigenvalue weighted by Gasteiger charge is 2.21. The molecule has 112 valence electrons. The number of hydrogen-bond donors (Lipinski definition) is 1. The molecule has 0 amide bonds. The minimum absolute atomic E-state index is 0.456. The molecule has 0 saturated heterocycles. The van der Waals surface area contributed by atoms with Crippen molar-refractivity contribution in [2.45, 2.75) is 39.7 Å². The zero-order valence-corrected chi connectivity index (χ0v) is 13.8. The summed E-state index contributed by atoms with van der Waals surface area (Å²) >= 11 is 5.22. The summed E-state index contributed by atoms with van der Waals surface area (Å²) < 4.78 is 5.27. The fourth-order valence-corrected chi connectivity index (χ4v) is 2.80.